The number of alkyl halides is 3. The summed E-state index contributed by atoms with van der Waals surface area (Å²) in [7, 11) is 0. The molecule has 0 bridgehead atoms. The molecular formula is C20H14F3N5O2S. The average molecular weight is 445 g/mol. The summed E-state index contributed by atoms with van der Waals surface area (Å²) >= 11 is 1.22. The minimum atomic E-state index is -4.74. The minimum Gasteiger partial charge on any atom is -0.406 e. The summed E-state index contributed by atoms with van der Waals surface area (Å²) in [5, 5.41) is 5.06. The SMILES string of the molecule is O=C(c1csc(Nc2ccc(OC(F)(F)F)cc2)n1)N1CCn2c1nc1ccccc12. The predicted molar refractivity (Wildman–Crippen MR) is 110 cm³/mol. The highest BCUT2D eigenvalue weighted by Gasteiger charge is 2.31. The largest absolute Gasteiger partial charge is 0.573 e. The summed E-state index contributed by atoms with van der Waals surface area (Å²) in [5.41, 5.74) is 2.59. The molecule has 0 saturated carbocycles. The molecule has 0 atom stereocenters. The maximum atomic E-state index is 13.0. The van der Waals surface area contributed by atoms with Crippen molar-refractivity contribution in [3.63, 3.8) is 0 Å². The predicted octanol–water partition coefficient (Wildman–Crippen LogP) is 4.80. The summed E-state index contributed by atoms with van der Waals surface area (Å²) in [6, 6.07) is 13.0. The molecule has 0 fully saturated rings. The van der Waals surface area contributed by atoms with E-state index in [9.17, 15) is 18.0 Å². The molecule has 11 heteroatoms. The van der Waals surface area contributed by atoms with E-state index in [4.69, 9.17) is 0 Å². The highest BCUT2D eigenvalue weighted by atomic mass is 32.1. The van der Waals surface area contributed by atoms with Crippen molar-refractivity contribution in [3.8, 4) is 5.75 Å². The molecule has 0 saturated heterocycles. The number of imidazole rings is 1. The molecule has 31 heavy (non-hydrogen) atoms. The first-order valence-electron chi connectivity index (χ1n) is 9.23. The Labute approximate surface area is 177 Å². The Morgan fingerprint density at radius 1 is 1.06 bits per heavy atom. The number of nitrogens with one attached hydrogen (secondary N) is 1. The number of hydrogen-bond acceptors (Lipinski definition) is 6. The van der Waals surface area contributed by atoms with E-state index >= 15 is 0 Å². The molecule has 5 rings (SSSR count). The lowest BCUT2D eigenvalue weighted by molar-refractivity contribution is -0.274. The van der Waals surface area contributed by atoms with E-state index in [-0.39, 0.29) is 17.4 Å². The van der Waals surface area contributed by atoms with Crippen molar-refractivity contribution in [1.29, 1.82) is 0 Å². The summed E-state index contributed by atoms with van der Waals surface area (Å²) < 4.78 is 42.6. The number of fused-ring (bicyclic) bond motifs is 3. The van der Waals surface area contributed by atoms with Crippen molar-refractivity contribution in [1.82, 2.24) is 14.5 Å². The van der Waals surface area contributed by atoms with Crippen LogP contribution in [-0.2, 0) is 6.54 Å². The van der Waals surface area contributed by atoms with Crippen LogP contribution in [0.1, 0.15) is 10.5 Å². The van der Waals surface area contributed by atoms with E-state index in [0.717, 1.165) is 11.0 Å². The van der Waals surface area contributed by atoms with Crippen molar-refractivity contribution >= 4 is 45.0 Å². The van der Waals surface area contributed by atoms with Gasteiger partial charge in [0.1, 0.15) is 11.4 Å². The van der Waals surface area contributed by atoms with Gasteiger partial charge in [-0.15, -0.1) is 24.5 Å². The molecule has 1 N–H and O–H groups in total. The Kier molecular flexibility index (Phi) is 4.54. The fourth-order valence-corrected chi connectivity index (χ4v) is 4.12. The minimum absolute atomic E-state index is 0.257. The van der Waals surface area contributed by atoms with E-state index < -0.39 is 6.36 Å². The zero-order valence-corrected chi connectivity index (χ0v) is 16.6. The number of benzene rings is 2. The Morgan fingerprint density at radius 2 is 1.84 bits per heavy atom. The number of hydrogen-bond donors (Lipinski definition) is 1. The second-order valence-corrected chi connectivity index (χ2v) is 7.60. The number of halogens is 3. The lowest BCUT2D eigenvalue weighted by Gasteiger charge is -2.12. The Hall–Kier alpha value is -3.60. The van der Waals surface area contributed by atoms with Crippen LogP contribution in [0.25, 0.3) is 11.0 Å². The number of amides is 1. The second kappa shape index (κ2) is 7.27. The van der Waals surface area contributed by atoms with E-state index in [0.29, 0.717) is 29.9 Å². The van der Waals surface area contributed by atoms with E-state index in [1.54, 1.807) is 10.3 Å². The summed E-state index contributed by atoms with van der Waals surface area (Å²) in [6.07, 6.45) is -4.74. The fourth-order valence-electron chi connectivity index (χ4n) is 3.41. The normalized spacial score (nSPS) is 13.5. The molecule has 1 aliphatic heterocycles. The fraction of sp³-hybridized carbons (Fsp3) is 0.150. The summed E-state index contributed by atoms with van der Waals surface area (Å²) in [4.78, 5) is 23.5. The molecule has 2 aromatic carbocycles. The van der Waals surface area contributed by atoms with Crippen LogP contribution in [0.5, 0.6) is 5.75 Å². The number of rotatable bonds is 4. The average Bonchev–Trinajstić information content (AvgIpc) is 3.43. The van der Waals surface area contributed by atoms with Crippen molar-refractivity contribution in [2.75, 3.05) is 16.8 Å². The van der Waals surface area contributed by atoms with Gasteiger partial charge in [-0.1, -0.05) is 12.1 Å². The Morgan fingerprint density at radius 3 is 2.61 bits per heavy atom. The molecule has 1 aliphatic rings. The van der Waals surface area contributed by atoms with Gasteiger partial charge in [0.05, 0.1) is 11.0 Å². The van der Waals surface area contributed by atoms with Crippen LogP contribution in [-0.4, -0.2) is 33.3 Å². The smallest absolute Gasteiger partial charge is 0.406 e. The van der Waals surface area contributed by atoms with Crippen LogP contribution in [0, 0.1) is 0 Å². The molecule has 4 aromatic rings. The number of thiazole rings is 1. The van der Waals surface area contributed by atoms with E-state index in [1.165, 1.54) is 35.6 Å². The summed E-state index contributed by atoms with van der Waals surface area (Å²) in [5.74, 6) is 0.0196. The lowest BCUT2D eigenvalue weighted by atomic mass is 10.3. The van der Waals surface area contributed by atoms with E-state index in [1.807, 2.05) is 28.8 Å². The molecule has 2 aromatic heterocycles. The van der Waals surface area contributed by atoms with Crippen LogP contribution in [0.4, 0.5) is 29.9 Å². The maximum absolute atomic E-state index is 13.0. The van der Waals surface area contributed by atoms with Crippen molar-refractivity contribution < 1.29 is 22.7 Å². The third kappa shape index (κ3) is 3.79. The zero-order valence-electron chi connectivity index (χ0n) is 15.8. The van der Waals surface area contributed by atoms with Crippen LogP contribution in [0.3, 0.4) is 0 Å². The molecule has 3 heterocycles. The third-order valence-corrected chi connectivity index (χ3v) is 5.49. The van der Waals surface area contributed by atoms with Gasteiger partial charge in [-0.3, -0.25) is 9.69 Å². The quantitative estimate of drug-likeness (QED) is 0.489. The first kappa shape index (κ1) is 19.4. The van der Waals surface area contributed by atoms with Gasteiger partial charge in [0, 0.05) is 24.2 Å². The standard InChI is InChI=1S/C20H14F3N5O2S/c21-20(22,23)30-13-7-5-12(6-8-13)24-18-25-15(11-31-18)17(29)28-10-9-27-16-4-2-1-3-14(16)26-19(27)28/h1-8,11H,9-10H2,(H,24,25). The molecular weight excluding hydrogens is 431 g/mol. The number of para-hydroxylation sites is 2. The highest BCUT2D eigenvalue weighted by molar-refractivity contribution is 7.14. The first-order chi connectivity index (χ1) is 14.9. The van der Waals surface area contributed by atoms with Gasteiger partial charge in [0.2, 0.25) is 5.95 Å². The first-order valence-corrected chi connectivity index (χ1v) is 10.1. The third-order valence-electron chi connectivity index (χ3n) is 4.73. The molecule has 1 amide bonds. The zero-order chi connectivity index (χ0) is 21.6. The number of carbonyl (C=O) groups excluding carboxylic acids is 1. The van der Waals surface area contributed by atoms with Gasteiger partial charge in [0.15, 0.2) is 5.13 Å². The number of nitrogens with zero attached hydrogens (tertiary/aromatic N) is 4. The number of ether oxygens (including phenoxy) is 1. The van der Waals surface area contributed by atoms with Gasteiger partial charge < -0.3 is 14.6 Å². The number of aromatic nitrogens is 3. The van der Waals surface area contributed by atoms with Crippen molar-refractivity contribution in [2.45, 2.75) is 12.9 Å². The topological polar surface area (TPSA) is 72.3 Å². The van der Waals surface area contributed by atoms with Crippen LogP contribution < -0.4 is 15.0 Å². The number of anilines is 3. The van der Waals surface area contributed by atoms with Gasteiger partial charge in [0.25, 0.3) is 5.91 Å². The van der Waals surface area contributed by atoms with Gasteiger partial charge >= 0.3 is 6.36 Å². The molecule has 158 valence electrons. The maximum Gasteiger partial charge on any atom is 0.573 e. The van der Waals surface area contributed by atoms with Gasteiger partial charge in [-0.25, -0.2) is 9.97 Å². The molecule has 0 unspecified atom stereocenters. The molecule has 0 radical (unpaired) electrons. The highest BCUT2D eigenvalue weighted by Crippen LogP contribution is 2.30. The molecule has 7 nitrogen and oxygen atoms in total. The Balaban J connectivity index is 1.31. The molecule has 0 aliphatic carbocycles. The van der Waals surface area contributed by atoms with Crippen LogP contribution >= 0.6 is 11.3 Å². The Bertz CT molecular complexity index is 1270. The van der Waals surface area contributed by atoms with Crippen LogP contribution in [0.2, 0.25) is 0 Å². The second-order valence-electron chi connectivity index (χ2n) is 6.74. The van der Waals surface area contributed by atoms with Crippen molar-refractivity contribution in [2.24, 2.45) is 0 Å². The molecule has 0 spiro atoms. The van der Waals surface area contributed by atoms with Crippen molar-refractivity contribution in [3.05, 3.63) is 59.6 Å². The number of carbonyl (C=O) groups is 1. The van der Waals surface area contributed by atoms with E-state index in [2.05, 4.69) is 20.0 Å². The lowest BCUT2D eigenvalue weighted by Crippen LogP contribution is -2.29. The van der Waals surface area contributed by atoms with Crippen LogP contribution in [0.15, 0.2) is 53.9 Å². The van der Waals surface area contributed by atoms with Gasteiger partial charge in [-0.05, 0) is 36.4 Å². The summed E-state index contributed by atoms with van der Waals surface area (Å²) in [6.45, 7) is 1.16. The van der Waals surface area contributed by atoms with Gasteiger partial charge in [-0.2, -0.15) is 0 Å². The monoisotopic (exact) mass is 445 g/mol.